The number of hydrogen-bond donors (Lipinski definition) is 1. The summed E-state index contributed by atoms with van der Waals surface area (Å²) in [7, 11) is 0. The second-order valence-corrected chi connectivity index (χ2v) is 8.08. The van der Waals surface area contributed by atoms with Gasteiger partial charge in [0, 0.05) is 22.6 Å². The highest BCUT2D eigenvalue weighted by atomic mass is 32.2. The maximum absolute atomic E-state index is 13.2. The van der Waals surface area contributed by atoms with E-state index in [9.17, 15) is 19.2 Å². The van der Waals surface area contributed by atoms with Gasteiger partial charge in [-0.15, -0.1) is 11.8 Å². The number of urea groups is 1. The summed E-state index contributed by atoms with van der Waals surface area (Å²) >= 11 is 1.47. The van der Waals surface area contributed by atoms with Crippen LogP contribution in [0.3, 0.4) is 0 Å². The fourth-order valence-electron chi connectivity index (χ4n) is 4.09. The van der Waals surface area contributed by atoms with Gasteiger partial charge in [-0.05, 0) is 54.5 Å². The van der Waals surface area contributed by atoms with Gasteiger partial charge in [-0.3, -0.25) is 9.69 Å². The van der Waals surface area contributed by atoms with E-state index in [1.54, 1.807) is 42.5 Å². The number of amides is 2. The lowest BCUT2D eigenvalue weighted by atomic mass is 9.84. The maximum Gasteiger partial charge on any atom is 0.327 e. The molecule has 152 valence electrons. The highest BCUT2D eigenvalue weighted by molar-refractivity contribution is 7.98. The first-order valence-electron chi connectivity index (χ1n) is 9.67. The molecule has 1 unspecified atom stereocenters. The van der Waals surface area contributed by atoms with Crippen LogP contribution in [0.25, 0.3) is 0 Å². The number of allylic oxidation sites excluding steroid dienone is 1. The molecule has 5 nitrogen and oxygen atoms in total. The Morgan fingerprint density at radius 3 is 2.80 bits per heavy atom. The standard InChI is InChI=1S/C23H20FN3O2S/c1-30-20-11-15(13-25)8-9-17(20)22-21-18(6-3-7-19(21)28)27(23(29)26-22)16-5-2-4-14(10-16)12-24/h2,4-5,8-11,22H,3,6-7,12H2,1H3,(H,26,29). The predicted molar refractivity (Wildman–Crippen MR) is 114 cm³/mol. The van der Waals surface area contributed by atoms with Gasteiger partial charge in [-0.2, -0.15) is 5.26 Å². The van der Waals surface area contributed by atoms with Crippen LogP contribution in [0.2, 0.25) is 0 Å². The second kappa shape index (κ2) is 8.33. The van der Waals surface area contributed by atoms with Gasteiger partial charge in [-0.25, -0.2) is 9.18 Å². The van der Waals surface area contributed by atoms with Gasteiger partial charge in [0.25, 0.3) is 0 Å². The van der Waals surface area contributed by atoms with Crippen molar-refractivity contribution in [2.75, 3.05) is 11.2 Å². The lowest BCUT2D eigenvalue weighted by molar-refractivity contribution is -0.116. The van der Waals surface area contributed by atoms with Gasteiger partial charge >= 0.3 is 6.03 Å². The molecule has 1 heterocycles. The smallest absolute Gasteiger partial charge is 0.326 e. The minimum atomic E-state index is -0.626. The fraction of sp³-hybridized carbons (Fsp3) is 0.261. The third kappa shape index (κ3) is 3.48. The molecule has 0 bridgehead atoms. The van der Waals surface area contributed by atoms with Gasteiger partial charge < -0.3 is 5.32 Å². The molecular formula is C23H20FN3O2S. The van der Waals surface area contributed by atoms with E-state index in [0.29, 0.717) is 47.3 Å². The molecule has 7 heteroatoms. The van der Waals surface area contributed by atoms with Crippen molar-refractivity contribution in [1.29, 1.82) is 5.26 Å². The summed E-state index contributed by atoms with van der Waals surface area (Å²) in [5, 5.41) is 12.2. The molecule has 4 rings (SSSR count). The zero-order chi connectivity index (χ0) is 21.3. The molecule has 1 aliphatic heterocycles. The quantitative estimate of drug-likeness (QED) is 0.703. The van der Waals surface area contributed by atoms with E-state index >= 15 is 0 Å². The Morgan fingerprint density at radius 2 is 2.07 bits per heavy atom. The number of Topliss-reactive ketones (excluding diaryl/α,β-unsaturated/α-hetero) is 1. The van der Waals surface area contributed by atoms with Crippen LogP contribution in [0.4, 0.5) is 14.9 Å². The Labute approximate surface area is 178 Å². The number of rotatable bonds is 4. The number of alkyl halides is 1. The number of nitrogens with one attached hydrogen (secondary N) is 1. The van der Waals surface area contributed by atoms with Crippen molar-refractivity contribution in [3.05, 3.63) is 70.4 Å². The SMILES string of the molecule is CSc1cc(C#N)ccc1C1NC(=O)N(c2cccc(CF)c2)C2=C1C(=O)CCC2. The highest BCUT2D eigenvalue weighted by Gasteiger charge is 2.40. The molecule has 0 spiro atoms. The summed E-state index contributed by atoms with van der Waals surface area (Å²) in [5.74, 6) is 0.00399. The summed E-state index contributed by atoms with van der Waals surface area (Å²) in [6, 6.07) is 13.2. The average molecular weight is 421 g/mol. The Bertz CT molecular complexity index is 1110. The number of carbonyl (C=O) groups is 2. The van der Waals surface area contributed by atoms with Gasteiger partial charge in [0.15, 0.2) is 5.78 Å². The maximum atomic E-state index is 13.2. The summed E-state index contributed by atoms with van der Waals surface area (Å²) in [6.45, 7) is -0.626. The lowest BCUT2D eigenvalue weighted by Gasteiger charge is -2.39. The minimum Gasteiger partial charge on any atom is -0.326 e. The number of thioether (sulfide) groups is 1. The van der Waals surface area contributed by atoms with E-state index in [1.807, 2.05) is 6.26 Å². The normalized spacial score (nSPS) is 18.7. The molecule has 2 aromatic carbocycles. The number of carbonyl (C=O) groups excluding carboxylic acids is 2. The van der Waals surface area contributed by atoms with Crippen molar-refractivity contribution in [2.24, 2.45) is 0 Å². The third-order valence-corrected chi connectivity index (χ3v) is 6.25. The summed E-state index contributed by atoms with van der Waals surface area (Å²) in [4.78, 5) is 28.5. The van der Waals surface area contributed by atoms with E-state index in [2.05, 4.69) is 11.4 Å². The van der Waals surface area contributed by atoms with Crippen LogP contribution in [0.5, 0.6) is 0 Å². The molecule has 1 atom stereocenters. The molecule has 1 N–H and O–H groups in total. The minimum absolute atomic E-state index is 0.00399. The summed E-state index contributed by atoms with van der Waals surface area (Å²) < 4.78 is 13.2. The first-order chi connectivity index (χ1) is 14.6. The summed E-state index contributed by atoms with van der Waals surface area (Å²) in [6.07, 6.45) is 3.58. The number of hydrogen-bond acceptors (Lipinski definition) is 4. The van der Waals surface area contributed by atoms with Gasteiger partial charge in [-0.1, -0.05) is 18.2 Å². The highest BCUT2D eigenvalue weighted by Crippen LogP contribution is 2.41. The number of benzene rings is 2. The number of anilines is 1. The van der Waals surface area contributed by atoms with E-state index in [4.69, 9.17) is 0 Å². The van der Waals surface area contributed by atoms with Gasteiger partial charge in [0.05, 0.1) is 23.4 Å². The topological polar surface area (TPSA) is 73.2 Å². The second-order valence-electron chi connectivity index (χ2n) is 7.23. The number of nitrogens with zero attached hydrogens (tertiary/aromatic N) is 2. The molecule has 0 aromatic heterocycles. The van der Waals surface area contributed by atoms with E-state index in [0.717, 1.165) is 10.5 Å². The van der Waals surface area contributed by atoms with Crippen molar-refractivity contribution in [3.63, 3.8) is 0 Å². The molecule has 0 saturated carbocycles. The Balaban J connectivity index is 1.87. The summed E-state index contributed by atoms with van der Waals surface area (Å²) in [5.41, 5.74) is 3.60. The van der Waals surface area contributed by atoms with Crippen molar-refractivity contribution in [1.82, 2.24) is 5.32 Å². The Morgan fingerprint density at radius 1 is 1.23 bits per heavy atom. The van der Waals surface area contributed by atoms with Crippen LogP contribution in [0, 0.1) is 11.3 Å². The number of ketones is 1. The molecule has 1 aliphatic carbocycles. The monoisotopic (exact) mass is 421 g/mol. The van der Waals surface area contributed by atoms with Crippen LogP contribution in [-0.4, -0.2) is 18.1 Å². The number of halogens is 1. The van der Waals surface area contributed by atoms with Crippen LogP contribution < -0.4 is 10.2 Å². The van der Waals surface area contributed by atoms with Gasteiger partial charge in [0.2, 0.25) is 0 Å². The van der Waals surface area contributed by atoms with Gasteiger partial charge in [0.1, 0.15) is 6.67 Å². The lowest BCUT2D eigenvalue weighted by Crippen LogP contribution is -2.49. The first-order valence-corrected chi connectivity index (χ1v) is 10.9. The zero-order valence-electron chi connectivity index (χ0n) is 16.4. The van der Waals surface area contributed by atoms with E-state index in [1.165, 1.54) is 16.7 Å². The Kier molecular flexibility index (Phi) is 5.60. The van der Waals surface area contributed by atoms with Crippen LogP contribution in [0.15, 0.2) is 58.6 Å². The van der Waals surface area contributed by atoms with Crippen LogP contribution in [-0.2, 0) is 11.5 Å². The fourth-order valence-corrected chi connectivity index (χ4v) is 4.76. The largest absolute Gasteiger partial charge is 0.327 e. The molecule has 2 aliphatic rings. The van der Waals surface area contributed by atoms with E-state index < -0.39 is 12.7 Å². The molecule has 2 amide bonds. The van der Waals surface area contributed by atoms with Crippen molar-refractivity contribution in [2.45, 2.75) is 36.9 Å². The molecule has 0 fully saturated rings. The number of nitriles is 1. The predicted octanol–water partition coefficient (Wildman–Crippen LogP) is 5.03. The van der Waals surface area contributed by atoms with E-state index in [-0.39, 0.29) is 11.8 Å². The van der Waals surface area contributed by atoms with Crippen molar-refractivity contribution < 1.29 is 14.0 Å². The average Bonchev–Trinajstić information content (AvgIpc) is 2.78. The molecule has 0 saturated heterocycles. The molecule has 30 heavy (non-hydrogen) atoms. The first kappa shape index (κ1) is 20.2. The molecule has 2 aromatic rings. The van der Waals surface area contributed by atoms with Crippen LogP contribution in [0.1, 0.15) is 42.0 Å². The molecular weight excluding hydrogens is 401 g/mol. The van der Waals surface area contributed by atoms with Crippen molar-refractivity contribution in [3.8, 4) is 6.07 Å². The zero-order valence-corrected chi connectivity index (χ0v) is 17.3. The van der Waals surface area contributed by atoms with Crippen LogP contribution >= 0.6 is 11.8 Å². The Hall–Kier alpha value is -3.11. The third-order valence-electron chi connectivity index (χ3n) is 5.45. The van der Waals surface area contributed by atoms with Crippen molar-refractivity contribution >= 4 is 29.3 Å². The molecule has 0 radical (unpaired) electrons.